The number of hydrogen-bond donors (Lipinski definition) is 1. The van der Waals surface area contributed by atoms with Crippen LogP contribution in [0.5, 0.6) is 0 Å². The molecule has 0 bridgehead atoms. The summed E-state index contributed by atoms with van der Waals surface area (Å²) in [6, 6.07) is 3.84. The lowest BCUT2D eigenvalue weighted by molar-refractivity contribution is 0.364. The van der Waals surface area contributed by atoms with Gasteiger partial charge in [-0.25, -0.2) is 4.68 Å². The smallest absolute Gasteiger partial charge is 0.248 e. The van der Waals surface area contributed by atoms with Crippen molar-refractivity contribution in [2.45, 2.75) is 26.9 Å². The molecule has 3 rings (SSSR count). The molecule has 0 amide bonds. The molecule has 2 N–H and O–H groups in total. The molecule has 21 heavy (non-hydrogen) atoms. The van der Waals surface area contributed by atoms with Crippen molar-refractivity contribution < 1.29 is 4.52 Å². The van der Waals surface area contributed by atoms with Gasteiger partial charge in [-0.05, 0) is 26.0 Å². The number of aryl methyl sites for hydroxylation is 2. The average molecular weight is 285 g/mol. The van der Waals surface area contributed by atoms with Gasteiger partial charge in [-0.15, -0.1) is 5.10 Å². The van der Waals surface area contributed by atoms with E-state index >= 15 is 0 Å². The molecule has 0 fully saturated rings. The maximum atomic E-state index is 5.49. The number of aromatic nitrogens is 6. The fourth-order valence-corrected chi connectivity index (χ4v) is 2.05. The second kappa shape index (κ2) is 5.41. The van der Waals surface area contributed by atoms with Gasteiger partial charge in [-0.2, -0.15) is 4.98 Å². The Morgan fingerprint density at radius 2 is 1.95 bits per heavy atom. The lowest BCUT2D eigenvalue weighted by Gasteiger charge is -1.99. The standard InChI is InChI=1S/C13H15N7O/c1-8-3-10(4-9(2)15-8)13-16-12(21-18-13)7-20-6-11(5-14)17-19-20/h3-4,6H,5,7,14H2,1-2H3. The van der Waals surface area contributed by atoms with E-state index in [4.69, 9.17) is 10.3 Å². The third kappa shape index (κ3) is 2.95. The molecule has 8 nitrogen and oxygen atoms in total. The second-order valence-corrected chi connectivity index (χ2v) is 4.76. The van der Waals surface area contributed by atoms with Crippen molar-refractivity contribution in [3.8, 4) is 11.4 Å². The van der Waals surface area contributed by atoms with Gasteiger partial charge in [-0.3, -0.25) is 4.98 Å². The van der Waals surface area contributed by atoms with E-state index in [-0.39, 0.29) is 0 Å². The van der Waals surface area contributed by atoms with Gasteiger partial charge in [0, 0.05) is 23.5 Å². The molecule has 0 saturated heterocycles. The van der Waals surface area contributed by atoms with Crippen LogP contribution in [0.25, 0.3) is 11.4 Å². The molecule has 0 spiro atoms. The first-order chi connectivity index (χ1) is 10.1. The van der Waals surface area contributed by atoms with Crippen LogP contribution in [0.3, 0.4) is 0 Å². The first-order valence-corrected chi connectivity index (χ1v) is 6.51. The molecule has 0 saturated carbocycles. The van der Waals surface area contributed by atoms with E-state index in [0.29, 0.717) is 24.8 Å². The molecule has 108 valence electrons. The van der Waals surface area contributed by atoms with Crippen molar-refractivity contribution in [3.63, 3.8) is 0 Å². The van der Waals surface area contributed by atoms with Crippen LogP contribution < -0.4 is 5.73 Å². The van der Waals surface area contributed by atoms with Crippen LogP contribution >= 0.6 is 0 Å². The molecule has 0 aliphatic rings. The summed E-state index contributed by atoms with van der Waals surface area (Å²) in [6.07, 6.45) is 1.75. The molecule has 0 radical (unpaired) electrons. The fraction of sp³-hybridized carbons (Fsp3) is 0.308. The van der Waals surface area contributed by atoms with Gasteiger partial charge in [0.2, 0.25) is 11.7 Å². The Balaban J connectivity index is 1.82. The fourth-order valence-electron chi connectivity index (χ4n) is 2.05. The minimum Gasteiger partial charge on any atom is -0.337 e. The Bertz CT molecular complexity index is 741. The van der Waals surface area contributed by atoms with E-state index < -0.39 is 0 Å². The molecule has 3 heterocycles. The van der Waals surface area contributed by atoms with Gasteiger partial charge in [0.1, 0.15) is 6.54 Å². The first-order valence-electron chi connectivity index (χ1n) is 6.51. The van der Waals surface area contributed by atoms with E-state index in [0.717, 1.165) is 22.6 Å². The Morgan fingerprint density at radius 3 is 2.62 bits per heavy atom. The van der Waals surface area contributed by atoms with Gasteiger partial charge in [0.15, 0.2) is 0 Å². The van der Waals surface area contributed by atoms with Crippen molar-refractivity contribution in [3.05, 3.63) is 41.3 Å². The zero-order chi connectivity index (χ0) is 14.8. The molecule has 0 aliphatic heterocycles. The largest absolute Gasteiger partial charge is 0.337 e. The molecule has 0 unspecified atom stereocenters. The number of rotatable bonds is 4. The van der Waals surface area contributed by atoms with Gasteiger partial charge < -0.3 is 10.3 Å². The summed E-state index contributed by atoms with van der Waals surface area (Å²) in [6.45, 7) is 4.58. The highest BCUT2D eigenvalue weighted by Gasteiger charge is 2.11. The topological polar surface area (TPSA) is 109 Å². The van der Waals surface area contributed by atoms with E-state index in [1.165, 1.54) is 0 Å². The van der Waals surface area contributed by atoms with Crippen LogP contribution in [0.1, 0.15) is 23.0 Å². The Hall–Kier alpha value is -2.61. The van der Waals surface area contributed by atoms with Crippen LogP contribution in [0.4, 0.5) is 0 Å². The maximum Gasteiger partial charge on any atom is 0.248 e. The van der Waals surface area contributed by atoms with Crippen LogP contribution in [0, 0.1) is 13.8 Å². The average Bonchev–Trinajstić information content (AvgIpc) is 3.07. The summed E-state index contributed by atoms with van der Waals surface area (Å²) >= 11 is 0. The molecular formula is C13H15N7O. The van der Waals surface area contributed by atoms with Crippen LogP contribution in [-0.4, -0.2) is 30.1 Å². The summed E-state index contributed by atoms with van der Waals surface area (Å²) in [5.41, 5.74) is 8.93. The van der Waals surface area contributed by atoms with Gasteiger partial charge in [-0.1, -0.05) is 10.4 Å². The van der Waals surface area contributed by atoms with Crippen molar-refractivity contribution in [2.24, 2.45) is 5.73 Å². The van der Waals surface area contributed by atoms with Gasteiger partial charge in [0.25, 0.3) is 0 Å². The Labute approximate surface area is 121 Å². The predicted octanol–water partition coefficient (Wildman–Crippen LogP) is 0.847. The minimum atomic E-state index is 0.352. The number of nitrogens with two attached hydrogens (primary N) is 1. The number of hydrogen-bond acceptors (Lipinski definition) is 7. The molecule has 3 aromatic rings. The minimum absolute atomic E-state index is 0.352. The number of pyridine rings is 1. The lowest BCUT2D eigenvalue weighted by Crippen LogP contribution is -2.01. The van der Waals surface area contributed by atoms with E-state index in [1.807, 2.05) is 26.0 Å². The molecule has 0 aromatic carbocycles. The quantitative estimate of drug-likeness (QED) is 0.756. The summed E-state index contributed by atoms with van der Waals surface area (Å²) in [4.78, 5) is 8.69. The SMILES string of the molecule is Cc1cc(-c2noc(Cn3cc(CN)nn3)n2)cc(C)n1. The van der Waals surface area contributed by atoms with Crippen LogP contribution in [0.2, 0.25) is 0 Å². The highest BCUT2D eigenvalue weighted by Crippen LogP contribution is 2.17. The summed E-state index contributed by atoms with van der Waals surface area (Å²) in [5, 5.41) is 11.8. The molecular weight excluding hydrogens is 270 g/mol. The number of nitrogens with zero attached hydrogens (tertiary/aromatic N) is 6. The van der Waals surface area contributed by atoms with Gasteiger partial charge in [0.05, 0.1) is 11.9 Å². The highest BCUT2D eigenvalue weighted by molar-refractivity contribution is 5.55. The Morgan fingerprint density at radius 1 is 1.19 bits per heavy atom. The van der Waals surface area contributed by atoms with Crippen molar-refractivity contribution >= 4 is 0 Å². The van der Waals surface area contributed by atoms with Crippen LogP contribution in [0.15, 0.2) is 22.9 Å². The third-order valence-electron chi connectivity index (χ3n) is 2.90. The van der Waals surface area contributed by atoms with Gasteiger partial charge >= 0.3 is 0 Å². The van der Waals surface area contributed by atoms with Crippen molar-refractivity contribution in [2.75, 3.05) is 0 Å². The normalized spacial score (nSPS) is 11.0. The Kier molecular flexibility index (Phi) is 3.44. The van der Waals surface area contributed by atoms with E-state index in [1.54, 1.807) is 10.9 Å². The summed E-state index contributed by atoms with van der Waals surface area (Å²) < 4.78 is 6.86. The summed E-state index contributed by atoms with van der Waals surface area (Å²) in [7, 11) is 0. The first kappa shape index (κ1) is 13.4. The van der Waals surface area contributed by atoms with E-state index in [2.05, 4.69) is 25.4 Å². The lowest BCUT2D eigenvalue weighted by atomic mass is 10.2. The maximum absolute atomic E-state index is 5.49. The third-order valence-corrected chi connectivity index (χ3v) is 2.90. The molecule has 3 aromatic heterocycles. The van der Waals surface area contributed by atoms with Crippen molar-refractivity contribution in [1.29, 1.82) is 0 Å². The highest BCUT2D eigenvalue weighted by atomic mass is 16.5. The van der Waals surface area contributed by atoms with Crippen LogP contribution in [-0.2, 0) is 13.1 Å². The molecule has 8 heteroatoms. The summed E-state index contributed by atoms with van der Waals surface area (Å²) in [5.74, 6) is 1.00. The molecule has 0 atom stereocenters. The zero-order valence-corrected chi connectivity index (χ0v) is 11.8. The second-order valence-electron chi connectivity index (χ2n) is 4.76. The monoisotopic (exact) mass is 285 g/mol. The van der Waals surface area contributed by atoms with E-state index in [9.17, 15) is 0 Å². The zero-order valence-electron chi connectivity index (χ0n) is 11.8. The van der Waals surface area contributed by atoms with Crippen molar-refractivity contribution in [1.82, 2.24) is 30.1 Å². The molecule has 0 aliphatic carbocycles. The predicted molar refractivity (Wildman–Crippen MR) is 74.0 cm³/mol.